The van der Waals surface area contributed by atoms with Gasteiger partial charge in [-0.1, -0.05) is 13.8 Å². The van der Waals surface area contributed by atoms with E-state index >= 15 is 0 Å². The molecule has 0 unspecified atom stereocenters. The SMILES string of the molecule is CCNC1CCC(N(C)S(=O)(=O)N2CCC(C)CC2)CC1. The molecule has 2 rings (SSSR count). The summed E-state index contributed by atoms with van der Waals surface area (Å²) in [4.78, 5) is 0. The molecule has 0 aromatic rings. The molecule has 124 valence electrons. The second-order valence-electron chi connectivity index (χ2n) is 6.67. The fourth-order valence-electron chi connectivity index (χ4n) is 3.52. The summed E-state index contributed by atoms with van der Waals surface area (Å²) in [5.41, 5.74) is 0. The van der Waals surface area contributed by atoms with Crippen LogP contribution >= 0.6 is 0 Å². The van der Waals surface area contributed by atoms with Crippen LogP contribution in [0.5, 0.6) is 0 Å². The van der Waals surface area contributed by atoms with Crippen LogP contribution in [-0.4, -0.2) is 55.8 Å². The fourth-order valence-corrected chi connectivity index (χ4v) is 5.14. The first-order chi connectivity index (χ1) is 9.95. The van der Waals surface area contributed by atoms with E-state index in [1.165, 1.54) is 0 Å². The lowest BCUT2D eigenvalue weighted by molar-refractivity contribution is 0.221. The minimum atomic E-state index is -3.27. The molecule has 1 saturated heterocycles. The van der Waals surface area contributed by atoms with Crippen LogP contribution in [0.25, 0.3) is 0 Å². The van der Waals surface area contributed by atoms with Gasteiger partial charge in [0, 0.05) is 32.2 Å². The topological polar surface area (TPSA) is 52.7 Å². The predicted molar refractivity (Wildman–Crippen MR) is 86.4 cm³/mol. The first-order valence-corrected chi connectivity index (χ1v) is 9.81. The summed E-state index contributed by atoms with van der Waals surface area (Å²) >= 11 is 0. The summed E-state index contributed by atoms with van der Waals surface area (Å²) in [6.45, 7) is 6.69. The molecule has 5 nitrogen and oxygen atoms in total. The molecule has 21 heavy (non-hydrogen) atoms. The van der Waals surface area contributed by atoms with E-state index in [0.29, 0.717) is 25.0 Å². The third kappa shape index (κ3) is 4.18. The van der Waals surface area contributed by atoms with Gasteiger partial charge < -0.3 is 5.32 Å². The third-order valence-electron chi connectivity index (χ3n) is 5.14. The van der Waals surface area contributed by atoms with Crippen molar-refractivity contribution >= 4 is 10.2 Å². The van der Waals surface area contributed by atoms with Crippen LogP contribution < -0.4 is 5.32 Å². The molecule has 0 radical (unpaired) electrons. The number of nitrogens with one attached hydrogen (secondary N) is 1. The highest BCUT2D eigenvalue weighted by molar-refractivity contribution is 7.86. The minimum absolute atomic E-state index is 0.171. The van der Waals surface area contributed by atoms with Crippen LogP contribution in [0.15, 0.2) is 0 Å². The van der Waals surface area contributed by atoms with Crippen molar-refractivity contribution in [3.8, 4) is 0 Å². The molecule has 1 aliphatic heterocycles. The normalized spacial score (nSPS) is 29.9. The lowest BCUT2D eigenvalue weighted by atomic mass is 9.91. The third-order valence-corrected chi connectivity index (χ3v) is 7.18. The molecule has 1 aliphatic carbocycles. The van der Waals surface area contributed by atoms with Crippen LogP contribution in [0.2, 0.25) is 0 Å². The summed E-state index contributed by atoms with van der Waals surface area (Å²) < 4.78 is 28.8. The summed E-state index contributed by atoms with van der Waals surface area (Å²) in [7, 11) is -1.50. The van der Waals surface area contributed by atoms with Crippen molar-refractivity contribution in [3.05, 3.63) is 0 Å². The Morgan fingerprint density at radius 3 is 2.19 bits per heavy atom. The molecule has 0 bridgehead atoms. The molecule has 1 heterocycles. The summed E-state index contributed by atoms with van der Waals surface area (Å²) in [6.07, 6.45) is 6.07. The van der Waals surface area contributed by atoms with Crippen molar-refractivity contribution in [1.29, 1.82) is 0 Å². The number of nitrogens with zero attached hydrogens (tertiary/aromatic N) is 2. The Labute approximate surface area is 130 Å². The lowest BCUT2D eigenvalue weighted by Crippen LogP contribution is -2.50. The monoisotopic (exact) mass is 317 g/mol. The molecule has 0 amide bonds. The smallest absolute Gasteiger partial charge is 0.281 e. The summed E-state index contributed by atoms with van der Waals surface area (Å²) in [5, 5.41) is 3.47. The van der Waals surface area contributed by atoms with Gasteiger partial charge in [-0.3, -0.25) is 0 Å². The summed E-state index contributed by atoms with van der Waals surface area (Å²) in [6, 6.07) is 0.738. The average molecular weight is 317 g/mol. The molecule has 0 aromatic carbocycles. The molecule has 2 fully saturated rings. The van der Waals surface area contributed by atoms with Crippen LogP contribution in [0, 0.1) is 5.92 Å². The Hall–Kier alpha value is -0.170. The van der Waals surface area contributed by atoms with Gasteiger partial charge >= 0.3 is 0 Å². The first-order valence-electron chi connectivity index (χ1n) is 8.41. The van der Waals surface area contributed by atoms with E-state index in [-0.39, 0.29) is 6.04 Å². The lowest BCUT2D eigenvalue weighted by Gasteiger charge is -2.38. The maximum absolute atomic E-state index is 12.7. The van der Waals surface area contributed by atoms with Crippen LogP contribution in [0.1, 0.15) is 52.4 Å². The van der Waals surface area contributed by atoms with E-state index in [1.807, 2.05) is 0 Å². The van der Waals surface area contributed by atoms with E-state index < -0.39 is 10.2 Å². The van der Waals surface area contributed by atoms with Crippen LogP contribution in [-0.2, 0) is 10.2 Å². The highest BCUT2D eigenvalue weighted by Crippen LogP contribution is 2.27. The van der Waals surface area contributed by atoms with Crippen LogP contribution in [0.4, 0.5) is 0 Å². The van der Waals surface area contributed by atoms with Gasteiger partial charge in [0.25, 0.3) is 10.2 Å². The number of piperidine rings is 1. The zero-order valence-corrected chi connectivity index (χ0v) is 14.5. The zero-order valence-electron chi connectivity index (χ0n) is 13.7. The molecule has 1 saturated carbocycles. The fraction of sp³-hybridized carbons (Fsp3) is 1.00. The van der Waals surface area contributed by atoms with Gasteiger partial charge in [-0.15, -0.1) is 0 Å². The van der Waals surface area contributed by atoms with E-state index in [9.17, 15) is 8.42 Å². The van der Waals surface area contributed by atoms with Crippen molar-refractivity contribution in [3.63, 3.8) is 0 Å². The van der Waals surface area contributed by atoms with E-state index in [1.54, 1.807) is 15.7 Å². The maximum Gasteiger partial charge on any atom is 0.281 e. The second kappa shape index (κ2) is 7.40. The van der Waals surface area contributed by atoms with Gasteiger partial charge in [-0.05, 0) is 51.0 Å². The summed E-state index contributed by atoms with van der Waals surface area (Å²) in [5.74, 6) is 0.650. The van der Waals surface area contributed by atoms with Crippen molar-refractivity contribution in [1.82, 2.24) is 13.9 Å². The van der Waals surface area contributed by atoms with Crippen LogP contribution in [0.3, 0.4) is 0 Å². The number of hydrogen-bond donors (Lipinski definition) is 1. The first kappa shape index (κ1) is 17.2. The van der Waals surface area contributed by atoms with Gasteiger partial charge in [0.15, 0.2) is 0 Å². The number of hydrogen-bond acceptors (Lipinski definition) is 3. The van der Waals surface area contributed by atoms with Crippen molar-refractivity contribution in [2.45, 2.75) is 64.5 Å². The highest BCUT2D eigenvalue weighted by Gasteiger charge is 2.35. The number of rotatable bonds is 5. The van der Waals surface area contributed by atoms with Crippen molar-refractivity contribution < 1.29 is 8.42 Å². The van der Waals surface area contributed by atoms with Gasteiger partial charge in [-0.2, -0.15) is 17.0 Å². The minimum Gasteiger partial charge on any atom is -0.314 e. The molecular formula is C15H31N3O2S. The highest BCUT2D eigenvalue weighted by atomic mass is 32.2. The van der Waals surface area contributed by atoms with Gasteiger partial charge in [0.05, 0.1) is 0 Å². The van der Waals surface area contributed by atoms with E-state index in [4.69, 9.17) is 0 Å². The molecule has 2 aliphatic rings. The van der Waals surface area contributed by atoms with Gasteiger partial charge in [0.2, 0.25) is 0 Å². The molecule has 6 heteroatoms. The Morgan fingerprint density at radius 2 is 1.67 bits per heavy atom. The van der Waals surface area contributed by atoms with Crippen molar-refractivity contribution in [2.24, 2.45) is 5.92 Å². The Kier molecular flexibility index (Phi) is 6.05. The van der Waals surface area contributed by atoms with Crippen molar-refractivity contribution in [2.75, 3.05) is 26.7 Å². The zero-order chi connectivity index (χ0) is 15.5. The average Bonchev–Trinajstić information content (AvgIpc) is 2.48. The van der Waals surface area contributed by atoms with Gasteiger partial charge in [-0.25, -0.2) is 0 Å². The standard InChI is InChI=1S/C15H31N3O2S/c1-4-16-14-5-7-15(8-6-14)17(3)21(19,20)18-11-9-13(2)10-12-18/h13-16H,4-12H2,1-3H3. The maximum atomic E-state index is 12.7. The molecular weight excluding hydrogens is 286 g/mol. The quantitative estimate of drug-likeness (QED) is 0.841. The molecule has 0 spiro atoms. The predicted octanol–water partition coefficient (Wildman–Crippen LogP) is 1.82. The second-order valence-corrected chi connectivity index (χ2v) is 8.66. The largest absolute Gasteiger partial charge is 0.314 e. The van der Waals surface area contributed by atoms with E-state index in [2.05, 4.69) is 19.2 Å². The molecule has 1 N–H and O–H groups in total. The Bertz CT molecular complexity index is 411. The Balaban J connectivity index is 1.91. The molecule has 0 atom stereocenters. The van der Waals surface area contributed by atoms with E-state index in [0.717, 1.165) is 45.1 Å². The Morgan fingerprint density at radius 1 is 1.10 bits per heavy atom. The van der Waals surface area contributed by atoms with Gasteiger partial charge in [0.1, 0.15) is 0 Å². The molecule has 0 aromatic heterocycles.